The number of nitro groups is 2. The molecular weight excluding hydrogens is 569 g/mol. The van der Waals surface area contributed by atoms with Crippen LogP contribution >= 0.6 is 27.7 Å². The second-order valence-electron chi connectivity index (χ2n) is 7.87. The summed E-state index contributed by atoms with van der Waals surface area (Å²) >= 11 is 4.65. The maximum atomic E-state index is 13.4. The third-order valence-electron chi connectivity index (χ3n) is 5.31. The first-order valence-corrected chi connectivity index (χ1v) is 12.5. The second kappa shape index (κ2) is 11.5. The number of ether oxygens (including phenoxy) is 1. The largest absolute Gasteiger partial charge is 0.488 e. The van der Waals surface area contributed by atoms with Gasteiger partial charge in [0.05, 0.1) is 9.40 Å². The summed E-state index contributed by atoms with van der Waals surface area (Å²) in [6.45, 7) is 1.56. The van der Waals surface area contributed by atoms with Crippen LogP contribution in [0.15, 0.2) is 76.4 Å². The first-order valence-electron chi connectivity index (χ1n) is 10.8. The molecule has 0 bridgehead atoms. The van der Waals surface area contributed by atoms with Crippen molar-refractivity contribution in [2.75, 3.05) is 6.54 Å². The molecule has 0 spiro atoms. The number of aryl methyl sites for hydroxylation is 1. The first kappa shape index (κ1) is 26.2. The number of halogens is 2. The van der Waals surface area contributed by atoms with Gasteiger partial charge in [-0.2, -0.15) is 0 Å². The Bertz CT molecular complexity index is 1430. The van der Waals surface area contributed by atoms with Crippen LogP contribution in [0.5, 0.6) is 5.75 Å². The third-order valence-corrected chi connectivity index (χ3v) is 7.11. The highest BCUT2D eigenvalue weighted by atomic mass is 79.9. The van der Waals surface area contributed by atoms with E-state index in [4.69, 9.17) is 4.74 Å². The van der Waals surface area contributed by atoms with Gasteiger partial charge in [-0.3, -0.25) is 24.8 Å². The van der Waals surface area contributed by atoms with Crippen LogP contribution in [0.4, 0.5) is 10.1 Å². The molecule has 4 rings (SSSR count). The molecule has 0 amide bonds. The molecule has 190 valence electrons. The summed E-state index contributed by atoms with van der Waals surface area (Å²) in [5.41, 5.74) is 2.05. The van der Waals surface area contributed by atoms with Gasteiger partial charge in [0, 0.05) is 22.7 Å². The molecule has 0 aliphatic rings. The van der Waals surface area contributed by atoms with Crippen LogP contribution in [-0.2, 0) is 6.61 Å². The van der Waals surface area contributed by atoms with Crippen molar-refractivity contribution < 1.29 is 19.0 Å². The van der Waals surface area contributed by atoms with Crippen LogP contribution in [0, 0.1) is 33.0 Å². The van der Waals surface area contributed by atoms with Gasteiger partial charge in [0.1, 0.15) is 29.2 Å². The fourth-order valence-electron chi connectivity index (χ4n) is 3.49. The highest BCUT2D eigenvalue weighted by molar-refractivity contribution is 9.10. The van der Waals surface area contributed by atoms with Gasteiger partial charge in [0.25, 0.3) is 5.69 Å². The van der Waals surface area contributed by atoms with Gasteiger partial charge >= 0.3 is 0 Å². The molecule has 0 fully saturated rings. The van der Waals surface area contributed by atoms with E-state index in [9.17, 15) is 24.6 Å². The quantitative estimate of drug-likeness (QED) is 0.124. The van der Waals surface area contributed by atoms with Crippen molar-refractivity contribution in [3.63, 3.8) is 0 Å². The molecular formula is C24H19BrFN5O5S. The molecule has 1 heterocycles. The van der Waals surface area contributed by atoms with Crippen molar-refractivity contribution in [3.05, 3.63) is 114 Å². The van der Waals surface area contributed by atoms with E-state index in [2.05, 4.69) is 26.1 Å². The van der Waals surface area contributed by atoms with E-state index in [1.165, 1.54) is 36.0 Å². The average Bonchev–Trinajstić information content (AvgIpc) is 3.23. The van der Waals surface area contributed by atoms with Crippen molar-refractivity contribution in [1.29, 1.82) is 0 Å². The average molecular weight is 588 g/mol. The maximum Gasteiger partial charge on any atom is 0.269 e. The van der Waals surface area contributed by atoms with Crippen molar-refractivity contribution >= 4 is 33.4 Å². The molecule has 13 heteroatoms. The Kier molecular flexibility index (Phi) is 8.14. The number of aromatic nitrogens is 3. The van der Waals surface area contributed by atoms with Gasteiger partial charge in [0.15, 0.2) is 5.16 Å². The topological polar surface area (TPSA) is 126 Å². The van der Waals surface area contributed by atoms with Crippen LogP contribution in [0.25, 0.3) is 5.69 Å². The predicted octanol–water partition coefficient (Wildman–Crippen LogP) is 6.07. The molecule has 0 saturated heterocycles. The molecule has 1 atom stereocenters. The molecule has 4 aromatic rings. The van der Waals surface area contributed by atoms with Gasteiger partial charge < -0.3 is 4.74 Å². The Labute approximate surface area is 222 Å². The zero-order valence-electron chi connectivity index (χ0n) is 19.3. The fourth-order valence-corrected chi connectivity index (χ4v) is 5.16. The summed E-state index contributed by atoms with van der Waals surface area (Å²) in [6.07, 6.45) is 0. The summed E-state index contributed by atoms with van der Waals surface area (Å²) in [6, 6.07) is 17.1. The van der Waals surface area contributed by atoms with E-state index in [1.54, 1.807) is 54.0 Å². The zero-order valence-corrected chi connectivity index (χ0v) is 21.7. The number of non-ortho nitro benzene ring substituents is 1. The van der Waals surface area contributed by atoms with E-state index in [-0.39, 0.29) is 24.7 Å². The van der Waals surface area contributed by atoms with Crippen molar-refractivity contribution in [2.24, 2.45) is 0 Å². The minimum Gasteiger partial charge on any atom is -0.488 e. The minimum atomic E-state index is -0.599. The van der Waals surface area contributed by atoms with E-state index >= 15 is 0 Å². The van der Waals surface area contributed by atoms with Crippen LogP contribution < -0.4 is 4.74 Å². The number of rotatable bonds is 10. The molecule has 0 radical (unpaired) electrons. The summed E-state index contributed by atoms with van der Waals surface area (Å²) in [4.78, 5) is 21.4. The molecule has 0 aliphatic heterocycles. The zero-order chi connectivity index (χ0) is 26.5. The lowest BCUT2D eigenvalue weighted by molar-refractivity contribution is -0.479. The van der Waals surface area contributed by atoms with Gasteiger partial charge in [-0.15, -0.1) is 10.2 Å². The number of thioether (sulfide) groups is 1. The number of nitro benzene ring substituents is 1. The minimum absolute atomic E-state index is 0.00549. The number of benzene rings is 3. The Morgan fingerprint density at radius 1 is 1.05 bits per heavy atom. The van der Waals surface area contributed by atoms with E-state index in [0.717, 1.165) is 5.56 Å². The molecule has 37 heavy (non-hydrogen) atoms. The van der Waals surface area contributed by atoms with Gasteiger partial charge in [-0.1, -0.05) is 17.8 Å². The summed E-state index contributed by atoms with van der Waals surface area (Å²) < 4.78 is 21.6. The summed E-state index contributed by atoms with van der Waals surface area (Å²) in [7, 11) is 0. The molecule has 0 saturated carbocycles. The molecule has 3 aromatic carbocycles. The predicted molar refractivity (Wildman–Crippen MR) is 138 cm³/mol. The van der Waals surface area contributed by atoms with Crippen molar-refractivity contribution in [2.45, 2.75) is 23.9 Å². The van der Waals surface area contributed by atoms with E-state index in [1.807, 2.05) is 0 Å². The summed E-state index contributed by atoms with van der Waals surface area (Å²) in [5, 5.41) is 30.4. The number of nitrogens with zero attached hydrogens (tertiary/aromatic N) is 5. The molecule has 10 nitrogen and oxygen atoms in total. The van der Waals surface area contributed by atoms with Crippen molar-refractivity contribution in [1.82, 2.24) is 14.8 Å². The monoisotopic (exact) mass is 587 g/mol. The van der Waals surface area contributed by atoms with Gasteiger partial charge in [0.2, 0.25) is 6.54 Å². The first-order chi connectivity index (χ1) is 17.7. The van der Waals surface area contributed by atoms with E-state index < -0.39 is 15.1 Å². The van der Waals surface area contributed by atoms with Crippen LogP contribution in [0.3, 0.4) is 0 Å². The van der Waals surface area contributed by atoms with Crippen molar-refractivity contribution in [3.8, 4) is 11.4 Å². The number of hydrogen-bond acceptors (Lipinski definition) is 8. The number of hydrogen-bond donors (Lipinski definition) is 0. The second-order valence-corrected chi connectivity index (χ2v) is 9.89. The maximum absolute atomic E-state index is 13.4. The normalized spacial score (nSPS) is 11.8. The lowest BCUT2D eigenvalue weighted by Gasteiger charge is -2.16. The Hall–Kier alpha value is -3.84. The molecule has 0 aliphatic carbocycles. The smallest absolute Gasteiger partial charge is 0.269 e. The lowest BCUT2D eigenvalue weighted by Crippen LogP contribution is -2.11. The molecule has 1 aromatic heterocycles. The Morgan fingerprint density at radius 2 is 1.76 bits per heavy atom. The highest BCUT2D eigenvalue weighted by Crippen LogP contribution is 2.39. The summed E-state index contributed by atoms with van der Waals surface area (Å²) in [5.74, 6) is 0.693. The molecule has 0 N–H and O–H groups in total. The van der Waals surface area contributed by atoms with Gasteiger partial charge in [-0.25, -0.2) is 4.39 Å². The van der Waals surface area contributed by atoms with Crippen LogP contribution in [-0.4, -0.2) is 31.2 Å². The molecule has 0 unspecified atom stereocenters. The SMILES string of the molecule is Cc1nnc(S[C@H](C[N+](=O)[O-])c2ccc(OCc3ccc([N+](=O)[O-])cc3)c(Br)c2)n1-c1ccc(F)cc1. The van der Waals surface area contributed by atoms with Crippen LogP contribution in [0.2, 0.25) is 0 Å². The Balaban J connectivity index is 1.54. The van der Waals surface area contributed by atoms with Gasteiger partial charge in [-0.05, 0) is 82.5 Å². The van der Waals surface area contributed by atoms with Crippen LogP contribution in [0.1, 0.15) is 22.2 Å². The fraction of sp³-hybridized carbons (Fsp3) is 0.167. The van der Waals surface area contributed by atoms with E-state index in [0.29, 0.717) is 32.5 Å². The Morgan fingerprint density at radius 3 is 2.38 bits per heavy atom. The third kappa shape index (κ3) is 6.49. The lowest BCUT2D eigenvalue weighted by atomic mass is 10.1. The standard InChI is InChI=1S/C24H19BrFN5O5S/c1-15-27-28-24(30(15)19-9-5-18(26)6-10-19)37-23(13-29(32)33)17-4-11-22(21(25)12-17)36-14-16-2-7-20(8-3-16)31(34)35/h2-12,23H,13-14H2,1H3/t23-/m1/s1. The highest BCUT2D eigenvalue weighted by Gasteiger charge is 2.24.